The van der Waals surface area contributed by atoms with E-state index in [1.807, 2.05) is 44.2 Å². The van der Waals surface area contributed by atoms with Gasteiger partial charge in [0.15, 0.2) is 0 Å². The van der Waals surface area contributed by atoms with Crippen molar-refractivity contribution in [1.29, 1.82) is 0 Å². The Balaban J connectivity index is 1.74. The van der Waals surface area contributed by atoms with Gasteiger partial charge in [0.25, 0.3) is 5.91 Å². The summed E-state index contributed by atoms with van der Waals surface area (Å²) in [5.41, 5.74) is 1.49. The molecule has 2 heterocycles. The highest BCUT2D eigenvalue weighted by Crippen LogP contribution is 2.16. The maximum atomic E-state index is 12.6. The highest BCUT2D eigenvalue weighted by molar-refractivity contribution is 5.93. The molecular formula is C19H25N5O. The summed E-state index contributed by atoms with van der Waals surface area (Å²) >= 11 is 0. The van der Waals surface area contributed by atoms with Crippen LogP contribution in [-0.4, -0.2) is 54.0 Å². The molecule has 0 saturated carbocycles. The van der Waals surface area contributed by atoms with E-state index in [1.165, 1.54) is 0 Å². The van der Waals surface area contributed by atoms with E-state index in [0.717, 1.165) is 37.6 Å². The van der Waals surface area contributed by atoms with Crippen LogP contribution in [0.1, 0.15) is 34.8 Å². The van der Waals surface area contributed by atoms with Crippen LogP contribution in [0.15, 0.2) is 36.4 Å². The summed E-state index contributed by atoms with van der Waals surface area (Å²) in [6, 6.07) is 11.6. The monoisotopic (exact) mass is 339 g/mol. The first kappa shape index (κ1) is 17.4. The van der Waals surface area contributed by atoms with E-state index < -0.39 is 0 Å². The molecule has 1 atom stereocenters. The highest BCUT2D eigenvalue weighted by atomic mass is 16.1. The summed E-state index contributed by atoms with van der Waals surface area (Å²) in [6.45, 7) is 7.62. The molecule has 1 unspecified atom stereocenters. The quantitative estimate of drug-likeness (QED) is 0.923. The van der Waals surface area contributed by atoms with Crippen LogP contribution in [-0.2, 0) is 0 Å². The molecule has 0 bridgehead atoms. The minimum absolute atomic E-state index is 0.0731. The summed E-state index contributed by atoms with van der Waals surface area (Å²) in [5, 5.41) is 3.02. The number of hydrogen-bond acceptors (Lipinski definition) is 5. The predicted octanol–water partition coefficient (Wildman–Crippen LogP) is 2.03. The molecule has 1 saturated heterocycles. The number of piperazine rings is 1. The van der Waals surface area contributed by atoms with Gasteiger partial charge in [-0.25, -0.2) is 9.97 Å². The molecule has 6 heteroatoms. The third-order valence-electron chi connectivity index (χ3n) is 4.53. The summed E-state index contributed by atoms with van der Waals surface area (Å²) in [4.78, 5) is 26.0. The first-order chi connectivity index (χ1) is 12.0. The predicted molar refractivity (Wildman–Crippen MR) is 98.8 cm³/mol. The van der Waals surface area contributed by atoms with Crippen LogP contribution in [0.5, 0.6) is 0 Å². The number of anilines is 1. The summed E-state index contributed by atoms with van der Waals surface area (Å²) in [7, 11) is 2.12. The van der Waals surface area contributed by atoms with Crippen molar-refractivity contribution in [3.8, 4) is 0 Å². The zero-order valence-electron chi connectivity index (χ0n) is 15.1. The average Bonchev–Trinajstić information content (AvgIpc) is 2.62. The molecule has 2 aromatic rings. The molecule has 0 aliphatic carbocycles. The number of benzene rings is 1. The third-order valence-corrected chi connectivity index (χ3v) is 4.53. The molecule has 6 nitrogen and oxygen atoms in total. The van der Waals surface area contributed by atoms with Gasteiger partial charge in [0.05, 0.1) is 6.04 Å². The topological polar surface area (TPSA) is 61.4 Å². The number of carbonyl (C=O) groups is 1. The van der Waals surface area contributed by atoms with Crippen molar-refractivity contribution in [2.75, 3.05) is 38.1 Å². The fourth-order valence-electron chi connectivity index (χ4n) is 2.96. The molecule has 0 spiro atoms. The van der Waals surface area contributed by atoms with Gasteiger partial charge in [-0.05, 0) is 26.5 Å². The number of aromatic nitrogens is 2. The zero-order valence-corrected chi connectivity index (χ0v) is 15.1. The molecule has 1 fully saturated rings. The van der Waals surface area contributed by atoms with Crippen LogP contribution in [0.2, 0.25) is 0 Å². The second-order valence-electron chi connectivity index (χ2n) is 6.55. The van der Waals surface area contributed by atoms with Gasteiger partial charge in [-0.3, -0.25) is 4.79 Å². The standard InChI is InChI=1S/C19H25N5O/c1-14(16-7-5-4-6-8-16)20-19(25)17-13-18(22-15(2)21-17)24-11-9-23(3)10-12-24/h4-8,13-14H,9-12H2,1-3H3,(H,20,25). The van der Waals surface area contributed by atoms with E-state index in [0.29, 0.717) is 11.5 Å². The second kappa shape index (κ2) is 7.61. The van der Waals surface area contributed by atoms with Crippen molar-refractivity contribution in [2.45, 2.75) is 19.9 Å². The molecule has 1 aliphatic rings. The zero-order chi connectivity index (χ0) is 17.8. The minimum atomic E-state index is -0.169. The van der Waals surface area contributed by atoms with E-state index in [1.54, 1.807) is 6.07 Å². The maximum Gasteiger partial charge on any atom is 0.270 e. The van der Waals surface area contributed by atoms with Crippen molar-refractivity contribution in [2.24, 2.45) is 0 Å². The number of aryl methyl sites for hydroxylation is 1. The van der Waals surface area contributed by atoms with Crippen LogP contribution in [0.25, 0.3) is 0 Å². The van der Waals surface area contributed by atoms with E-state index in [-0.39, 0.29) is 11.9 Å². The van der Waals surface area contributed by atoms with Crippen molar-refractivity contribution in [1.82, 2.24) is 20.2 Å². The fourth-order valence-corrected chi connectivity index (χ4v) is 2.96. The number of rotatable bonds is 4. The molecule has 1 aromatic carbocycles. The van der Waals surface area contributed by atoms with Crippen molar-refractivity contribution in [3.05, 3.63) is 53.5 Å². The molecule has 0 radical (unpaired) electrons. The Kier molecular flexibility index (Phi) is 5.28. The lowest BCUT2D eigenvalue weighted by Gasteiger charge is -2.33. The molecule has 132 valence electrons. The van der Waals surface area contributed by atoms with Gasteiger partial charge in [-0.15, -0.1) is 0 Å². The molecule has 1 amide bonds. The Morgan fingerprint density at radius 2 is 1.80 bits per heavy atom. The number of carbonyl (C=O) groups excluding carboxylic acids is 1. The van der Waals surface area contributed by atoms with Crippen molar-refractivity contribution < 1.29 is 4.79 Å². The third kappa shape index (κ3) is 4.33. The highest BCUT2D eigenvalue weighted by Gasteiger charge is 2.19. The number of nitrogens with one attached hydrogen (secondary N) is 1. The van der Waals surface area contributed by atoms with E-state index in [9.17, 15) is 4.79 Å². The van der Waals surface area contributed by atoms with Crippen LogP contribution < -0.4 is 10.2 Å². The molecule has 1 aliphatic heterocycles. The summed E-state index contributed by atoms with van der Waals surface area (Å²) in [5.74, 6) is 1.28. The first-order valence-corrected chi connectivity index (χ1v) is 8.68. The molecule has 3 rings (SSSR count). The Bertz CT molecular complexity index is 726. The summed E-state index contributed by atoms with van der Waals surface area (Å²) in [6.07, 6.45) is 0. The molecule has 25 heavy (non-hydrogen) atoms. The van der Waals surface area contributed by atoms with Crippen molar-refractivity contribution >= 4 is 11.7 Å². The van der Waals surface area contributed by atoms with Crippen LogP contribution in [0.3, 0.4) is 0 Å². The number of nitrogens with zero attached hydrogens (tertiary/aromatic N) is 4. The van der Waals surface area contributed by atoms with Crippen LogP contribution in [0, 0.1) is 6.92 Å². The maximum absolute atomic E-state index is 12.6. The molecular weight excluding hydrogens is 314 g/mol. The van der Waals surface area contributed by atoms with Gasteiger partial charge < -0.3 is 15.1 Å². The van der Waals surface area contributed by atoms with Crippen LogP contribution >= 0.6 is 0 Å². The number of hydrogen-bond donors (Lipinski definition) is 1. The molecule has 1 N–H and O–H groups in total. The van der Waals surface area contributed by atoms with E-state index in [2.05, 4.69) is 32.1 Å². The Morgan fingerprint density at radius 1 is 1.12 bits per heavy atom. The largest absolute Gasteiger partial charge is 0.354 e. The first-order valence-electron chi connectivity index (χ1n) is 8.68. The van der Waals surface area contributed by atoms with Gasteiger partial charge in [-0.2, -0.15) is 0 Å². The van der Waals surface area contributed by atoms with Gasteiger partial charge in [0.1, 0.15) is 17.3 Å². The molecule has 1 aromatic heterocycles. The summed E-state index contributed by atoms with van der Waals surface area (Å²) < 4.78 is 0. The number of likely N-dealkylation sites (N-methyl/N-ethyl adjacent to an activating group) is 1. The Labute approximate surface area is 148 Å². The SMILES string of the molecule is Cc1nc(C(=O)NC(C)c2ccccc2)cc(N2CCN(C)CC2)n1. The van der Waals surface area contributed by atoms with Gasteiger partial charge >= 0.3 is 0 Å². The van der Waals surface area contributed by atoms with Crippen molar-refractivity contribution in [3.63, 3.8) is 0 Å². The lowest BCUT2D eigenvalue weighted by molar-refractivity contribution is 0.0934. The Hall–Kier alpha value is -2.47. The lowest BCUT2D eigenvalue weighted by atomic mass is 10.1. The second-order valence-corrected chi connectivity index (χ2v) is 6.55. The van der Waals surface area contributed by atoms with Gasteiger partial charge in [-0.1, -0.05) is 30.3 Å². The average molecular weight is 339 g/mol. The Morgan fingerprint density at radius 3 is 2.48 bits per heavy atom. The lowest BCUT2D eigenvalue weighted by Crippen LogP contribution is -2.45. The van der Waals surface area contributed by atoms with Crippen LogP contribution in [0.4, 0.5) is 5.82 Å². The van der Waals surface area contributed by atoms with Gasteiger partial charge in [0.2, 0.25) is 0 Å². The minimum Gasteiger partial charge on any atom is -0.354 e. The van der Waals surface area contributed by atoms with E-state index >= 15 is 0 Å². The number of amides is 1. The normalized spacial score (nSPS) is 16.5. The smallest absolute Gasteiger partial charge is 0.270 e. The fraction of sp³-hybridized carbons (Fsp3) is 0.421. The van der Waals surface area contributed by atoms with E-state index in [4.69, 9.17) is 0 Å². The van der Waals surface area contributed by atoms with Gasteiger partial charge in [0, 0.05) is 32.2 Å².